The zero-order valence-electron chi connectivity index (χ0n) is 17.0. The number of hydrogen-bond acceptors (Lipinski definition) is 6. The zero-order chi connectivity index (χ0) is 21.1. The van der Waals surface area contributed by atoms with E-state index in [0.717, 1.165) is 12.0 Å². The van der Waals surface area contributed by atoms with Crippen molar-refractivity contribution in [2.45, 2.75) is 32.5 Å². The van der Waals surface area contributed by atoms with Crippen LogP contribution in [0.1, 0.15) is 34.2 Å². The molecule has 154 valence electrons. The van der Waals surface area contributed by atoms with E-state index < -0.39 is 5.97 Å². The molecule has 2 heterocycles. The lowest BCUT2D eigenvalue weighted by Crippen LogP contribution is -2.29. The smallest absolute Gasteiger partial charge is 0.337 e. The number of carbonyl (C=O) groups excluding carboxylic acids is 1. The maximum absolute atomic E-state index is 12.5. The summed E-state index contributed by atoms with van der Waals surface area (Å²) in [6.45, 7) is 2.89. The zero-order valence-corrected chi connectivity index (χ0v) is 17.0. The number of para-hydroxylation sites is 1. The first-order chi connectivity index (χ1) is 14.5. The Morgan fingerprint density at radius 1 is 1.17 bits per heavy atom. The third kappa shape index (κ3) is 4.08. The van der Waals surface area contributed by atoms with Crippen LogP contribution in [-0.4, -0.2) is 19.1 Å². The molecule has 1 atom stereocenters. The number of carbonyl (C=O) groups is 1. The molecule has 3 aromatic rings. The van der Waals surface area contributed by atoms with Crippen molar-refractivity contribution < 1.29 is 18.7 Å². The second-order valence-corrected chi connectivity index (χ2v) is 7.36. The topological polar surface area (TPSA) is 69.0 Å². The van der Waals surface area contributed by atoms with Gasteiger partial charge in [-0.3, -0.25) is 4.79 Å². The fraction of sp³-hybridized carbons (Fsp3) is 0.250. The van der Waals surface area contributed by atoms with Gasteiger partial charge in [-0.05, 0) is 42.7 Å². The molecule has 1 aromatic heterocycles. The number of ether oxygens (including phenoxy) is 2. The van der Waals surface area contributed by atoms with Gasteiger partial charge >= 0.3 is 5.97 Å². The number of rotatable bonds is 6. The monoisotopic (exact) mass is 405 g/mol. The Morgan fingerprint density at radius 2 is 1.93 bits per heavy atom. The van der Waals surface area contributed by atoms with Crippen LogP contribution in [0.25, 0.3) is 0 Å². The predicted molar refractivity (Wildman–Crippen MR) is 113 cm³/mol. The number of benzene rings is 2. The van der Waals surface area contributed by atoms with Crippen LogP contribution in [0.4, 0.5) is 5.69 Å². The summed E-state index contributed by atoms with van der Waals surface area (Å²) in [6.07, 6.45) is 2.35. The second kappa shape index (κ2) is 8.45. The third-order valence-corrected chi connectivity index (χ3v) is 5.30. The summed E-state index contributed by atoms with van der Waals surface area (Å²) >= 11 is 0. The van der Waals surface area contributed by atoms with E-state index in [4.69, 9.17) is 9.15 Å². The van der Waals surface area contributed by atoms with Crippen molar-refractivity contribution in [3.8, 4) is 5.75 Å². The molecule has 0 radical (unpaired) electrons. The van der Waals surface area contributed by atoms with E-state index in [2.05, 4.69) is 28.7 Å². The Kier molecular flexibility index (Phi) is 5.57. The average molecular weight is 405 g/mol. The molecule has 0 unspecified atom stereocenters. The first-order valence-corrected chi connectivity index (χ1v) is 9.81. The molecule has 4 rings (SSSR count). The van der Waals surface area contributed by atoms with Gasteiger partial charge in [-0.2, -0.15) is 0 Å². The van der Waals surface area contributed by atoms with Gasteiger partial charge in [0.15, 0.2) is 0 Å². The molecule has 0 aliphatic carbocycles. The van der Waals surface area contributed by atoms with Crippen LogP contribution in [-0.2, 0) is 24.3 Å². The quantitative estimate of drug-likeness (QED) is 0.579. The minimum absolute atomic E-state index is 0.158. The van der Waals surface area contributed by atoms with Gasteiger partial charge in [0.05, 0.1) is 19.2 Å². The van der Waals surface area contributed by atoms with Crippen LogP contribution in [0.3, 0.4) is 0 Å². The molecule has 0 N–H and O–H groups in total. The van der Waals surface area contributed by atoms with Gasteiger partial charge in [-0.25, -0.2) is 4.79 Å². The van der Waals surface area contributed by atoms with Crippen molar-refractivity contribution in [3.63, 3.8) is 0 Å². The van der Waals surface area contributed by atoms with Gasteiger partial charge in [0.25, 0.3) is 0 Å². The molecule has 2 aromatic carbocycles. The van der Waals surface area contributed by atoms with E-state index in [9.17, 15) is 9.59 Å². The van der Waals surface area contributed by atoms with Crippen molar-refractivity contribution in [2.75, 3.05) is 12.0 Å². The highest BCUT2D eigenvalue weighted by Crippen LogP contribution is 2.33. The summed E-state index contributed by atoms with van der Waals surface area (Å²) in [5, 5.41) is 0. The average Bonchev–Trinajstić information content (AvgIpc) is 3.08. The molecule has 6 heteroatoms. The van der Waals surface area contributed by atoms with Crippen LogP contribution in [0.2, 0.25) is 0 Å². The highest BCUT2D eigenvalue weighted by atomic mass is 16.5. The number of methoxy groups -OCH3 is 1. The largest absolute Gasteiger partial charge is 0.482 e. The van der Waals surface area contributed by atoms with E-state index in [1.54, 1.807) is 24.3 Å². The van der Waals surface area contributed by atoms with E-state index in [-0.39, 0.29) is 17.8 Å². The van der Waals surface area contributed by atoms with Crippen LogP contribution in [0, 0.1) is 0 Å². The van der Waals surface area contributed by atoms with Gasteiger partial charge in [-0.15, -0.1) is 0 Å². The summed E-state index contributed by atoms with van der Waals surface area (Å²) < 4.78 is 16.0. The molecule has 30 heavy (non-hydrogen) atoms. The SMILES string of the molecule is COC(=O)c1ccc(COc2coc(CN3c4ccccc4C[C@@H]3C)cc2=O)cc1. The molecule has 0 fully saturated rings. The minimum Gasteiger partial charge on any atom is -0.482 e. The lowest BCUT2D eigenvalue weighted by atomic mass is 10.1. The summed E-state index contributed by atoms with van der Waals surface area (Å²) in [6, 6.07) is 17.0. The Bertz CT molecular complexity index is 1100. The van der Waals surface area contributed by atoms with Crippen LogP contribution in [0.5, 0.6) is 5.75 Å². The van der Waals surface area contributed by atoms with E-state index >= 15 is 0 Å². The minimum atomic E-state index is -0.395. The molecule has 6 nitrogen and oxygen atoms in total. The lowest BCUT2D eigenvalue weighted by molar-refractivity contribution is 0.0600. The maximum Gasteiger partial charge on any atom is 0.337 e. The second-order valence-electron chi connectivity index (χ2n) is 7.36. The molecular formula is C24H23NO5. The van der Waals surface area contributed by atoms with E-state index in [1.807, 2.05) is 12.1 Å². The van der Waals surface area contributed by atoms with E-state index in [0.29, 0.717) is 23.9 Å². The maximum atomic E-state index is 12.5. The van der Waals surface area contributed by atoms with Crippen molar-refractivity contribution in [3.05, 3.63) is 93.5 Å². The van der Waals surface area contributed by atoms with Gasteiger partial charge in [0, 0.05) is 17.8 Å². The number of anilines is 1. The van der Waals surface area contributed by atoms with E-state index in [1.165, 1.54) is 30.7 Å². The van der Waals surface area contributed by atoms with Crippen molar-refractivity contribution in [1.82, 2.24) is 0 Å². The van der Waals surface area contributed by atoms with Crippen LogP contribution < -0.4 is 15.1 Å². The Morgan fingerprint density at radius 3 is 2.67 bits per heavy atom. The summed E-state index contributed by atoms with van der Waals surface area (Å²) in [5.41, 5.74) is 3.56. The fourth-order valence-corrected chi connectivity index (χ4v) is 3.68. The molecule has 0 saturated heterocycles. The molecule has 1 aliphatic heterocycles. The number of nitrogens with zero attached hydrogens (tertiary/aromatic N) is 1. The fourth-order valence-electron chi connectivity index (χ4n) is 3.68. The van der Waals surface area contributed by atoms with Gasteiger partial charge in [0.2, 0.25) is 11.2 Å². The number of fused-ring (bicyclic) bond motifs is 1. The standard InChI is InChI=1S/C24H23NO5/c1-16-11-19-5-3-4-6-21(19)25(16)13-20-12-22(26)23(15-29-20)30-14-17-7-9-18(10-8-17)24(27)28-2/h3-10,12,15-16H,11,13-14H2,1-2H3/t16-/m0/s1. The first-order valence-electron chi connectivity index (χ1n) is 9.81. The molecular weight excluding hydrogens is 382 g/mol. The predicted octanol–water partition coefficient (Wildman–Crippen LogP) is 3.96. The normalized spacial score (nSPS) is 15.0. The lowest BCUT2D eigenvalue weighted by Gasteiger charge is -2.24. The third-order valence-electron chi connectivity index (χ3n) is 5.30. The molecule has 1 aliphatic rings. The van der Waals surface area contributed by atoms with Crippen molar-refractivity contribution >= 4 is 11.7 Å². The van der Waals surface area contributed by atoms with Crippen LogP contribution in [0.15, 0.2) is 70.1 Å². The summed E-state index contributed by atoms with van der Waals surface area (Å²) in [4.78, 5) is 26.2. The molecule has 0 bridgehead atoms. The van der Waals surface area contributed by atoms with Crippen molar-refractivity contribution in [1.29, 1.82) is 0 Å². The summed E-state index contributed by atoms with van der Waals surface area (Å²) in [7, 11) is 1.34. The van der Waals surface area contributed by atoms with Crippen molar-refractivity contribution in [2.24, 2.45) is 0 Å². The Hall–Kier alpha value is -3.54. The summed E-state index contributed by atoms with van der Waals surface area (Å²) in [5.74, 6) is 0.359. The van der Waals surface area contributed by atoms with Gasteiger partial charge < -0.3 is 18.8 Å². The van der Waals surface area contributed by atoms with Gasteiger partial charge in [-0.1, -0.05) is 30.3 Å². The molecule has 0 spiro atoms. The first kappa shape index (κ1) is 19.8. The van der Waals surface area contributed by atoms with Crippen LogP contribution >= 0.6 is 0 Å². The molecule has 0 saturated carbocycles. The Balaban J connectivity index is 1.41. The number of hydrogen-bond donors (Lipinski definition) is 0. The van der Waals surface area contributed by atoms with Gasteiger partial charge in [0.1, 0.15) is 18.6 Å². The highest BCUT2D eigenvalue weighted by molar-refractivity contribution is 5.89. The highest BCUT2D eigenvalue weighted by Gasteiger charge is 2.26. The Labute approximate surface area is 174 Å². The number of esters is 1. The molecule has 0 amide bonds.